The van der Waals surface area contributed by atoms with Crippen molar-refractivity contribution in [2.24, 2.45) is 0 Å². The molecule has 4 heteroatoms. The summed E-state index contributed by atoms with van der Waals surface area (Å²) >= 11 is 9.62. The zero-order chi connectivity index (χ0) is 15.2. The van der Waals surface area contributed by atoms with Crippen LogP contribution in [0.1, 0.15) is 24.1 Å². The summed E-state index contributed by atoms with van der Waals surface area (Å²) in [5.74, 6) is 0.863. The molecule has 0 saturated heterocycles. The van der Waals surface area contributed by atoms with E-state index < -0.39 is 0 Å². The molecule has 0 amide bonds. The third kappa shape index (κ3) is 4.47. The van der Waals surface area contributed by atoms with Gasteiger partial charge in [0.25, 0.3) is 0 Å². The zero-order valence-corrected chi connectivity index (χ0v) is 14.5. The van der Waals surface area contributed by atoms with Crippen molar-refractivity contribution in [1.29, 1.82) is 0 Å². The fraction of sp³-hybridized carbons (Fsp3) is 0.294. The van der Waals surface area contributed by atoms with Gasteiger partial charge in [-0.05, 0) is 48.9 Å². The van der Waals surface area contributed by atoms with Gasteiger partial charge in [-0.3, -0.25) is 0 Å². The number of ether oxygens (including phenoxy) is 1. The molecule has 2 aromatic rings. The maximum Gasteiger partial charge on any atom is 0.123 e. The number of rotatable bonds is 6. The lowest BCUT2D eigenvalue weighted by Gasteiger charge is -2.21. The summed E-state index contributed by atoms with van der Waals surface area (Å²) in [7, 11) is 1.69. The topological polar surface area (TPSA) is 21.3 Å². The first kappa shape index (κ1) is 16.3. The van der Waals surface area contributed by atoms with E-state index in [1.165, 1.54) is 5.56 Å². The average molecular weight is 369 g/mol. The Balaban J connectivity index is 2.30. The van der Waals surface area contributed by atoms with E-state index in [-0.39, 0.29) is 6.04 Å². The molecule has 0 spiro atoms. The first-order valence-electron chi connectivity index (χ1n) is 6.95. The van der Waals surface area contributed by atoms with E-state index in [1.807, 2.05) is 18.2 Å². The van der Waals surface area contributed by atoms with E-state index in [4.69, 9.17) is 16.3 Å². The van der Waals surface area contributed by atoms with E-state index in [2.05, 4.69) is 52.4 Å². The van der Waals surface area contributed by atoms with Crippen LogP contribution in [0.5, 0.6) is 5.75 Å². The van der Waals surface area contributed by atoms with Crippen LogP contribution in [0.15, 0.2) is 46.9 Å². The Hall–Kier alpha value is -1.03. The van der Waals surface area contributed by atoms with Gasteiger partial charge in [0.2, 0.25) is 0 Å². The molecule has 21 heavy (non-hydrogen) atoms. The summed E-state index contributed by atoms with van der Waals surface area (Å²) in [6, 6.07) is 14.3. The Morgan fingerprint density at radius 1 is 1.19 bits per heavy atom. The molecule has 0 radical (unpaired) electrons. The highest BCUT2D eigenvalue weighted by Gasteiger charge is 2.16. The number of halogens is 2. The van der Waals surface area contributed by atoms with Crippen LogP contribution in [0.3, 0.4) is 0 Å². The van der Waals surface area contributed by atoms with Gasteiger partial charge in [0.15, 0.2) is 0 Å². The number of benzene rings is 2. The third-order valence-electron chi connectivity index (χ3n) is 3.37. The lowest BCUT2D eigenvalue weighted by atomic mass is 9.98. The van der Waals surface area contributed by atoms with E-state index in [1.54, 1.807) is 7.11 Å². The van der Waals surface area contributed by atoms with Gasteiger partial charge in [0.1, 0.15) is 5.75 Å². The van der Waals surface area contributed by atoms with Crippen LogP contribution in [0.25, 0.3) is 0 Å². The molecule has 0 aromatic heterocycles. The first-order valence-corrected chi connectivity index (χ1v) is 8.12. The second kappa shape index (κ2) is 7.83. The van der Waals surface area contributed by atoms with Crippen molar-refractivity contribution < 1.29 is 4.74 Å². The first-order chi connectivity index (χ1) is 10.1. The van der Waals surface area contributed by atoms with Crippen LogP contribution >= 0.6 is 27.5 Å². The Kier molecular flexibility index (Phi) is 6.09. The van der Waals surface area contributed by atoms with Crippen molar-refractivity contribution in [3.05, 3.63) is 63.1 Å². The highest BCUT2D eigenvalue weighted by Crippen LogP contribution is 2.30. The lowest BCUT2D eigenvalue weighted by molar-refractivity contribution is 0.399. The molecular weight excluding hydrogens is 350 g/mol. The molecule has 0 fully saturated rings. The zero-order valence-electron chi connectivity index (χ0n) is 12.2. The van der Waals surface area contributed by atoms with Gasteiger partial charge in [0.05, 0.1) is 7.11 Å². The minimum atomic E-state index is 0.171. The molecule has 0 bridgehead atoms. The van der Waals surface area contributed by atoms with E-state index in [0.29, 0.717) is 0 Å². The van der Waals surface area contributed by atoms with Crippen molar-refractivity contribution in [2.75, 3.05) is 13.7 Å². The van der Waals surface area contributed by atoms with Crippen LogP contribution < -0.4 is 10.1 Å². The molecule has 2 nitrogen and oxygen atoms in total. The number of nitrogens with one attached hydrogen (secondary N) is 1. The normalized spacial score (nSPS) is 12.2. The predicted molar refractivity (Wildman–Crippen MR) is 92.3 cm³/mol. The predicted octanol–water partition coefficient (Wildman–Crippen LogP) is 5.00. The van der Waals surface area contributed by atoms with Crippen LogP contribution in [-0.4, -0.2) is 13.7 Å². The van der Waals surface area contributed by atoms with E-state index in [9.17, 15) is 0 Å². The molecule has 1 unspecified atom stereocenters. The maximum absolute atomic E-state index is 6.15. The molecule has 2 rings (SSSR count). The van der Waals surface area contributed by atoms with Crippen molar-refractivity contribution in [1.82, 2.24) is 5.32 Å². The Morgan fingerprint density at radius 2 is 1.90 bits per heavy atom. The van der Waals surface area contributed by atoms with Crippen molar-refractivity contribution >= 4 is 27.5 Å². The Morgan fingerprint density at radius 3 is 2.52 bits per heavy atom. The summed E-state index contributed by atoms with van der Waals surface area (Å²) in [6.07, 6.45) is 0.887. The van der Waals surface area contributed by atoms with Gasteiger partial charge >= 0.3 is 0 Å². The fourth-order valence-electron chi connectivity index (χ4n) is 2.37. The molecule has 0 aliphatic rings. The number of hydrogen-bond acceptors (Lipinski definition) is 2. The van der Waals surface area contributed by atoms with Crippen LogP contribution in [0.4, 0.5) is 0 Å². The van der Waals surface area contributed by atoms with Crippen LogP contribution in [0, 0.1) is 0 Å². The summed E-state index contributed by atoms with van der Waals surface area (Å²) in [4.78, 5) is 0. The highest BCUT2D eigenvalue weighted by atomic mass is 79.9. The van der Waals surface area contributed by atoms with Gasteiger partial charge in [-0.25, -0.2) is 0 Å². The SMILES string of the molecule is CCNC(Cc1ccc(Br)cc1)c1cc(Cl)ccc1OC. The minimum Gasteiger partial charge on any atom is -0.496 e. The standard InChI is InChI=1S/C17H19BrClNO/c1-3-20-16(10-12-4-6-13(18)7-5-12)15-11-14(19)8-9-17(15)21-2/h4-9,11,16,20H,3,10H2,1-2H3. The summed E-state index contributed by atoms with van der Waals surface area (Å²) in [5, 5.41) is 4.24. The average Bonchev–Trinajstić information content (AvgIpc) is 2.49. The molecule has 112 valence electrons. The molecule has 0 aliphatic heterocycles. The third-order valence-corrected chi connectivity index (χ3v) is 4.13. The minimum absolute atomic E-state index is 0.171. The Bertz CT molecular complexity index is 586. The van der Waals surface area contributed by atoms with Gasteiger partial charge in [-0.2, -0.15) is 0 Å². The molecular formula is C17H19BrClNO. The van der Waals surface area contributed by atoms with Crippen LogP contribution in [-0.2, 0) is 6.42 Å². The number of methoxy groups -OCH3 is 1. The second-order valence-electron chi connectivity index (χ2n) is 4.83. The van der Waals surface area contributed by atoms with Crippen molar-refractivity contribution in [3.8, 4) is 5.75 Å². The monoisotopic (exact) mass is 367 g/mol. The molecule has 0 heterocycles. The quantitative estimate of drug-likeness (QED) is 0.774. The lowest BCUT2D eigenvalue weighted by Crippen LogP contribution is -2.23. The summed E-state index contributed by atoms with van der Waals surface area (Å²) in [6.45, 7) is 2.99. The number of likely N-dealkylation sites (N-methyl/N-ethyl adjacent to an activating group) is 1. The van der Waals surface area contributed by atoms with E-state index in [0.717, 1.165) is 33.8 Å². The molecule has 0 aliphatic carbocycles. The second-order valence-corrected chi connectivity index (χ2v) is 6.18. The fourth-order valence-corrected chi connectivity index (χ4v) is 2.82. The molecule has 0 saturated carbocycles. The van der Waals surface area contributed by atoms with Gasteiger partial charge in [0, 0.05) is 21.1 Å². The number of hydrogen-bond donors (Lipinski definition) is 1. The smallest absolute Gasteiger partial charge is 0.123 e. The summed E-state index contributed by atoms with van der Waals surface area (Å²) < 4.78 is 6.57. The van der Waals surface area contributed by atoms with Gasteiger partial charge < -0.3 is 10.1 Å². The molecule has 1 N–H and O–H groups in total. The summed E-state index contributed by atoms with van der Waals surface area (Å²) in [5.41, 5.74) is 2.36. The largest absolute Gasteiger partial charge is 0.496 e. The maximum atomic E-state index is 6.15. The van der Waals surface area contributed by atoms with Gasteiger partial charge in [-0.1, -0.05) is 46.6 Å². The van der Waals surface area contributed by atoms with Crippen molar-refractivity contribution in [3.63, 3.8) is 0 Å². The van der Waals surface area contributed by atoms with Crippen LogP contribution in [0.2, 0.25) is 5.02 Å². The van der Waals surface area contributed by atoms with Gasteiger partial charge in [-0.15, -0.1) is 0 Å². The van der Waals surface area contributed by atoms with Crippen molar-refractivity contribution in [2.45, 2.75) is 19.4 Å². The molecule has 1 atom stereocenters. The highest BCUT2D eigenvalue weighted by molar-refractivity contribution is 9.10. The van der Waals surface area contributed by atoms with E-state index >= 15 is 0 Å². The Labute approximate surface area is 139 Å². The molecule has 2 aromatic carbocycles.